The maximum atomic E-state index is 11.2. The first kappa shape index (κ1) is 11.9. The first-order valence-corrected chi connectivity index (χ1v) is 4.53. The van der Waals surface area contributed by atoms with E-state index in [9.17, 15) is 4.79 Å². The van der Waals surface area contributed by atoms with Crippen LogP contribution in [-0.2, 0) is 4.79 Å². The molecule has 0 unspecified atom stereocenters. The third kappa shape index (κ3) is 2.23. The van der Waals surface area contributed by atoms with Crippen LogP contribution < -0.4 is 14.4 Å². The molecule has 0 N–H and O–H groups in total. The number of benzene rings is 1. The van der Waals surface area contributed by atoms with Crippen molar-refractivity contribution in [3.8, 4) is 17.6 Å². The fourth-order valence-electron chi connectivity index (χ4n) is 1.25. The third-order valence-electron chi connectivity index (χ3n) is 2.15. The number of nitriles is 1. The molecule has 0 aliphatic carbocycles. The van der Waals surface area contributed by atoms with E-state index in [0.717, 1.165) is 0 Å². The number of carbonyl (C=O) groups is 1. The number of hydrogen-bond donors (Lipinski definition) is 0. The van der Waals surface area contributed by atoms with E-state index < -0.39 is 5.91 Å². The van der Waals surface area contributed by atoms with Gasteiger partial charge in [0.1, 0.15) is 11.5 Å². The quantitative estimate of drug-likeness (QED) is 0.718. The summed E-state index contributed by atoms with van der Waals surface area (Å²) in [5.41, 5.74) is 0.523. The van der Waals surface area contributed by atoms with E-state index in [4.69, 9.17) is 14.7 Å². The smallest absolute Gasteiger partial charge is 0.329 e. The zero-order valence-electron chi connectivity index (χ0n) is 9.35. The molecule has 0 saturated heterocycles. The lowest BCUT2D eigenvalue weighted by Crippen LogP contribution is -2.24. The maximum absolute atomic E-state index is 11.2. The van der Waals surface area contributed by atoms with Crippen molar-refractivity contribution in [1.29, 1.82) is 5.26 Å². The fourth-order valence-corrected chi connectivity index (χ4v) is 1.25. The van der Waals surface area contributed by atoms with Gasteiger partial charge in [0, 0.05) is 13.1 Å². The lowest BCUT2D eigenvalue weighted by molar-refractivity contribution is -0.113. The maximum Gasteiger partial charge on any atom is 0.329 e. The Bertz CT molecular complexity index is 437. The summed E-state index contributed by atoms with van der Waals surface area (Å²) >= 11 is 0. The summed E-state index contributed by atoms with van der Waals surface area (Å²) in [7, 11) is 4.54. The minimum Gasteiger partial charge on any atom is -0.497 e. The average molecular weight is 220 g/mol. The second-order valence-corrected chi connectivity index (χ2v) is 3.01. The molecule has 5 nitrogen and oxygen atoms in total. The van der Waals surface area contributed by atoms with Crippen LogP contribution in [-0.4, -0.2) is 27.2 Å². The predicted octanol–water partition coefficient (Wildman–Crippen LogP) is 1.19. The number of amides is 1. The van der Waals surface area contributed by atoms with E-state index in [1.807, 2.05) is 0 Å². The molecule has 1 amide bonds. The molecule has 1 aromatic carbocycles. The standard InChI is InChI=1S/C11H12N2O3/c1-13(11(14)7-12)9-5-4-8(15-2)6-10(9)16-3/h4-6H,1-3H3. The van der Waals surface area contributed by atoms with Crippen LogP contribution >= 0.6 is 0 Å². The molecule has 0 spiro atoms. The number of ether oxygens (including phenoxy) is 2. The van der Waals surface area contributed by atoms with Crippen molar-refractivity contribution < 1.29 is 14.3 Å². The fraction of sp³-hybridized carbons (Fsp3) is 0.273. The molecule has 16 heavy (non-hydrogen) atoms. The Hall–Kier alpha value is -2.22. The Labute approximate surface area is 93.8 Å². The molecule has 5 heteroatoms. The summed E-state index contributed by atoms with van der Waals surface area (Å²) in [6, 6.07) is 6.55. The van der Waals surface area contributed by atoms with Crippen molar-refractivity contribution in [2.45, 2.75) is 0 Å². The Morgan fingerprint density at radius 1 is 1.38 bits per heavy atom. The van der Waals surface area contributed by atoms with Gasteiger partial charge in [-0.1, -0.05) is 0 Å². The Morgan fingerprint density at radius 2 is 2.06 bits per heavy atom. The summed E-state index contributed by atoms with van der Waals surface area (Å²) in [6.07, 6.45) is 0. The van der Waals surface area contributed by atoms with Gasteiger partial charge in [0.15, 0.2) is 6.07 Å². The predicted molar refractivity (Wildman–Crippen MR) is 58.6 cm³/mol. The van der Waals surface area contributed by atoms with Gasteiger partial charge in [-0.05, 0) is 12.1 Å². The SMILES string of the molecule is COc1ccc(N(C)C(=O)C#N)c(OC)c1. The van der Waals surface area contributed by atoms with E-state index in [1.165, 1.54) is 19.1 Å². The van der Waals surface area contributed by atoms with Gasteiger partial charge in [-0.3, -0.25) is 9.69 Å². The highest BCUT2D eigenvalue weighted by molar-refractivity contribution is 6.04. The van der Waals surface area contributed by atoms with Crippen LogP contribution in [0.25, 0.3) is 0 Å². The molecule has 1 aromatic rings. The Morgan fingerprint density at radius 3 is 2.56 bits per heavy atom. The monoisotopic (exact) mass is 220 g/mol. The molecular formula is C11H12N2O3. The minimum absolute atomic E-state index is 0.477. The summed E-state index contributed by atoms with van der Waals surface area (Å²) in [5.74, 6) is 0.451. The molecule has 0 aliphatic heterocycles. The van der Waals surface area contributed by atoms with Gasteiger partial charge in [-0.2, -0.15) is 5.26 Å². The second kappa shape index (κ2) is 5.03. The van der Waals surface area contributed by atoms with E-state index in [-0.39, 0.29) is 0 Å². The number of carbonyl (C=O) groups excluding carboxylic acids is 1. The van der Waals surface area contributed by atoms with Gasteiger partial charge in [-0.15, -0.1) is 0 Å². The lowest BCUT2D eigenvalue weighted by Gasteiger charge is -2.17. The minimum atomic E-state index is -0.650. The van der Waals surface area contributed by atoms with Crippen LogP contribution in [0, 0.1) is 11.3 Å². The van der Waals surface area contributed by atoms with Gasteiger partial charge < -0.3 is 9.47 Å². The molecule has 0 aromatic heterocycles. The molecule has 0 bridgehead atoms. The van der Waals surface area contributed by atoms with Crippen LogP contribution in [0.15, 0.2) is 18.2 Å². The van der Waals surface area contributed by atoms with Gasteiger partial charge in [-0.25, -0.2) is 0 Å². The van der Waals surface area contributed by atoms with Crippen LogP contribution in [0.1, 0.15) is 0 Å². The van der Waals surface area contributed by atoms with Gasteiger partial charge in [0.25, 0.3) is 0 Å². The molecule has 0 atom stereocenters. The van der Waals surface area contributed by atoms with E-state index in [2.05, 4.69) is 0 Å². The molecule has 0 heterocycles. The number of methoxy groups -OCH3 is 2. The van der Waals surface area contributed by atoms with E-state index in [0.29, 0.717) is 17.2 Å². The molecule has 84 valence electrons. The van der Waals surface area contributed by atoms with Crippen molar-refractivity contribution >= 4 is 11.6 Å². The first-order chi connectivity index (χ1) is 7.63. The number of rotatable bonds is 3. The normalized spacial score (nSPS) is 9.12. The number of nitrogens with zero attached hydrogens (tertiary/aromatic N) is 2. The zero-order valence-corrected chi connectivity index (χ0v) is 9.35. The Kier molecular flexibility index (Phi) is 3.72. The van der Waals surface area contributed by atoms with Gasteiger partial charge >= 0.3 is 5.91 Å². The Balaban J connectivity index is 3.14. The lowest BCUT2D eigenvalue weighted by atomic mass is 10.2. The first-order valence-electron chi connectivity index (χ1n) is 4.53. The van der Waals surface area contributed by atoms with Crippen molar-refractivity contribution in [2.75, 3.05) is 26.2 Å². The van der Waals surface area contributed by atoms with Crippen LogP contribution in [0.4, 0.5) is 5.69 Å². The average Bonchev–Trinajstić information content (AvgIpc) is 2.35. The van der Waals surface area contributed by atoms with Gasteiger partial charge in [0.2, 0.25) is 0 Å². The van der Waals surface area contributed by atoms with Crippen molar-refractivity contribution in [2.24, 2.45) is 0 Å². The van der Waals surface area contributed by atoms with Crippen molar-refractivity contribution in [3.05, 3.63) is 18.2 Å². The molecule has 0 saturated carbocycles. The summed E-state index contributed by atoms with van der Waals surface area (Å²) in [5, 5.41) is 8.52. The topological polar surface area (TPSA) is 62.6 Å². The van der Waals surface area contributed by atoms with Crippen molar-refractivity contribution in [1.82, 2.24) is 0 Å². The van der Waals surface area contributed by atoms with Crippen molar-refractivity contribution in [3.63, 3.8) is 0 Å². The summed E-state index contributed by atoms with van der Waals surface area (Å²) in [6.45, 7) is 0. The highest BCUT2D eigenvalue weighted by atomic mass is 16.5. The van der Waals surface area contributed by atoms with Gasteiger partial charge in [0.05, 0.1) is 19.9 Å². The highest BCUT2D eigenvalue weighted by Gasteiger charge is 2.15. The zero-order chi connectivity index (χ0) is 12.1. The second-order valence-electron chi connectivity index (χ2n) is 3.01. The van der Waals surface area contributed by atoms with Crippen LogP contribution in [0.3, 0.4) is 0 Å². The largest absolute Gasteiger partial charge is 0.497 e. The van der Waals surface area contributed by atoms with Crippen LogP contribution in [0.2, 0.25) is 0 Å². The highest BCUT2D eigenvalue weighted by Crippen LogP contribution is 2.31. The summed E-state index contributed by atoms with van der Waals surface area (Å²) in [4.78, 5) is 12.4. The van der Waals surface area contributed by atoms with Crippen LogP contribution in [0.5, 0.6) is 11.5 Å². The number of anilines is 1. The summed E-state index contributed by atoms with van der Waals surface area (Å²) < 4.78 is 10.2. The molecule has 0 aliphatic rings. The van der Waals surface area contributed by atoms with E-state index in [1.54, 1.807) is 31.4 Å². The molecule has 0 fully saturated rings. The molecule has 0 radical (unpaired) electrons. The molecular weight excluding hydrogens is 208 g/mol. The third-order valence-corrected chi connectivity index (χ3v) is 2.15. The molecule has 1 rings (SSSR count). The number of hydrogen-bond acceptors (Lipinski definition) is 4. The van der Waals surface area contributed by atoms with E-state index >= 15 is 0 Å².